The molecule has 1 aromatic heterocycles. The Morgan fingerprint density at radius 1 is 1.45 bits per heavy atom. The number of aromatic amines is 1. The van der Waals surface area contributed by atoms with Crippen LogP contribution >= 0.6 is 8.25 Å². The Morgan fingerprint density at radius 2 is 2.05 bits per heavy atom. The third-order valence-electron chi connectivity index (χ3n) is 2.89. The molecule has 0 unspecified atom stereocenters. The first-order valence-electron chi connectivity index (χ1n) is 6.02. The van der Waals surface area contributed by atoms with Gasteiger partial charge in [0.2, 0.25) is 0 Å². The van der Waals surface area contributed by atoms with E-state index in [1.54, 1.807) is 0 Å². The first kappa shape index (κ1) is 18.7. The van der Waals surface area contributed by atoms with Gasteiger partial charge in [0.25, 0.3) is 5.56 Å². The van der Waals surface area contributed by atoms with E-state index < -0.39 is 50.7 Å². The van der Waals surface area contributed by atoms with E-state index in [-0.39, 0.29) is 0 Å². The number of ether oxygens (including phenoxy) is 2. The maximum atomic E-state index is 11.6. The van der Waals surface area contributed by atoms with E-state index in [0.717, 1.165) is 10.6 Å². The average molecular weight is 340 g/mol. The average Bonchev–Trinajstić information content (AvgIpc) is 2.74. The topological polar surface area (TPSA) is 171 Å². The molecule has 0 aromatic carbocycles. The standard InChI is InChI=1S/C10H14N2O6.H3O3P/c1-17-8-7(15)5(4-13)18-9(8)12-3-2-6(14)11-10(12)16;1-4(2)3/h2-3,5,7-9,13,15H,4H2,1H3,(H,11,14,16);4H,(H2,1,2,3)/t5-,7-,8-,9-;/m1./s1. The predicted molar refractivity (Wildman–Crippen MR) is 72.6 cm³/mol. The van der Waals surface area contributed by atoms with Gasteiger partial charge in [0, 0.05) is 19.4 Å². The van der Waals surface area contributed by atoms with E-state index in [1.165, 1.54) is 13.3 Å². The molecule has 4 atom stereocenters. The minimum atomic E-state index is -3.13. The number of H-pyrrole nitrogens is 1. The van der Waals surface area contributed by atoms with Crippen molar-refractivity contribution in [3.8, 4) is 0 Å². The maximum Gasteiger partial charge on any atom is 0.330 e. The second kappa shape index (κ2) is 8.34. The highest BCUT2D eigenvalue weighted by atomic mass is 31.1. The minimum absolute atomic E-state index is 0.393. The van der Waals surface area contributed by atoms with Crippen molar-refractivity contribution >= 4 is 8.25 Å². The van der Waals surface area contributed by atoms with Gasteiger partial charge in [0.05, 0.1) is 6.61 Å². The summed E-state index contributed by atoms with van der Waals surface area (Å²) in [4.78, 5) is 39.0. The molecule has 22 heavy (non-hydrogen) atoms. The summed E-state index contributed by atoms with van der Waals surface area (Å²) < 4.78 is 20.3. The molecule has 0 aliphatic carbocycles. The summed E-state index contributed by atoms with van der Waals surface area (Å²) in [5.41, 5.74) is -1.19. The molecule has 12 heteroatoms. The lowest BCUT2D eigenvalue weighted by Crippen LogP contribution is -2.38. The molecule has 0 radical (unpaired) electrons. The molecule has 0 amide bonds. The molecular formula is C10H17N2O9P. The predicted octanol–water partition coefficient (Wildman–Crippen LogP) is -2.84. The van der Waals surface area contributed by atoms with Gasteiger partial charge in [-0.2, -0.15) is 0 Å². The van der Waals surface area contributed by atoms with E-state index in [4.69, 9.17) is 28.9 Å². The molecule has 5 N–H and O–H groups in total. The Morgan fingerprint density at radius 3 is 2.50 bits per heavy atom. The molecule has 1 saturated heterocycles. The molecule has 0 saturated carbocycles. The molecule has 1 fully saturated rings. The zero-order valence-corrected chi connectivity index (χ0v) is 12.4. The van der Waals surface area contributed by atoms with Crippen LogP contribution in [0.4, 0.5) is 0 Å². The lowest BCUT2D eigenvalue weighted by Gasteiger charge is -2.19. The van der Waals surface area contributed by atoms with E-state index in [0.29, 0.717) is 0 Å². The van der Waals surface area contributed by atoms with Gasteiger partial charge >= 0.3 is 13.9 Å². The highest BCUT2D eigenvalue weighted by molar-refractivity contribution is 7.30. The fraction of sp³-hybridized carbons (Fsp3) is 0.600. The molecule has 2 heterocycles. The number of aromatic nitrogens is 2. The van der Waals surface area contributed by atoms with Crippen LogP contribution in [-0.4, -0.2) is 61.6 Å². The Labute approximate surface area is 124 Å². The molecule has 1 aliphatic heterocycles. The Kier molecular flexibility index (Phi) is 7.10. The van der Waals surface area contributed by atoms with Crippen LogP contribution in [0.2, 0.25) is 0 Å². The summed E-state index contributed by atoms with van der Waals surface area (Å²) in [5, 5.41) is 18.9. The Balaban J connectivity index is 0.000000541. The highest BCUT2D eigenvalue weighted by Gasteiger charge is 2.45. The van der Waals surface area contributed by atoms with Gasteiger partial charge in [0.1, 0.15) is 18.3 Å². The molecule has 0 bridgehead atoms. The Bertz CT molecular complexity index is 611. The zero-order chi connectivity index (χ0) is 16.9. The number of methoxy groups -OCH3 is 1. The number of rotatable bonds is 3. The van der Waals surface area contributed by atoms with Crippen LogP contribution in [-0.2, 0) is 14.0 Å². The van der Waals surface area contributed by atoms with Gasteiger partial charge in [0.15, 0.2) is 6.23 Å². The van der Waals surface area contributed by atoms with Crippen molar-refractivity contribution in [2.45, 2.75) is 24.5 Å². The van der Waals surface area contributed by atoms with Crippen molar-refractivity contribution < 1.29 is 34.0 Å². The van der Waals surface area contributed by atoms with E-state index in [9.17, 15) is 14.7 Å². The summed E-state index contributed by atoms with van der Waals surface area (Å²) in [5.74, 6) is 0. The van der Waals surface area contributed by atoms with Gasteiger partial charge in [-0.3, -0.25) is 18.9 Å². The molecule has 1 aliphatic rings. The van der Waals surface area contributed by atoms with Crippen LogP contribution in [0.15, 0.2) is 21.9 Å². The van der Waals surface area contributed by atoms with Crippen molar-refractivity contribution in [3.63, 3.8) is 0 Å². The van der Waals surface area contributed by atoms with Crippen molar-refractivity contribution in [1.82, 2.24) is 9.55 Å². The fourth-order valence-electron chi connectivity index (χ4n) is 1.98. The van der Waals surface area contributed by atoms with Crippen molar-refractivity contribution in [2.24, 2.45) is 0 Å². The van der Waals surface area contributed by atoms with E-state index in [1.807, 2.05) is 0 Å². The largest absolute Gasteiger partial charge is 0.394 e. The zero-order valence-electron chi connectivity index (χ0n) is 11.4. The first-order chi connectivity index (χ1) is 10.3. The van der Waals surface area contributed by atoms with Crippen molar-refractivity contribution in [1.29, 1.82) is 0 Å². The van der Waals surface area contributed by atoms with Crippen LogP contribution < -0.4 is 11.2 Å². The number of aliphatic hydroxyl groups excluding tert-OH is 2. The quantitative estimate of drug-likeness (QED) is 0.363. The molecule has 2 rings (SSSR count). The third kappa shape index (κ3) is 4.58. The fourth-order valence-corrected chi connectivity index (χ4v) is 1.98. The Hall–Kier alpha value is -1.33. The monoisotopic (exact) mass is 340 g/mol. The second-order valence-corrected chi connectivity index (χ2v) is 4.80. The van der Waals surface area contributed by atoms with Gasteiger partial charge < -0.3 is 29.5 Å². The minimum Gasteiger partial charge on any atom is -0.394 e. The molecule has 11 nitrogen and oxygen atoms in total. The van der Waals surface area contributed by atoms with Crippen LogP contribution in [0.25, 0.3) is 0 Å². The number of aliphatic hydroxyl groups is 2. The van der Waals surface area contributed by atoms with Crippen molar-refractivity contribution in [3.05, 3.63) is 33.1 Å². The molecule has 126 valence electrons. The summed E-state index contributed by atoms with van der Waals surface area (Å²) in [7, 11) is -1.77. The van der Waals surface area contributed by atoms with Crippen LogP contribution in [0.1, 0.15) is 6.23 Å². The van der Waals surface area contributed by atoms with Gasteiger partial charge in [-0.1, -0.05) is 0 Å². The molecule has 0 spiro atoms. The molecular weight excluding hydrogens is 323 g/mol. The van der Waals surface area contributed by atoms with Gasteiger partial charge in [-0.25, -0.2) is 4.79 Å². The SMILES string of the molecule is CO[C@@H]1[C@H](O)[C@@H](CO)O[C@H]1n1ccc(=O)[nH]c1=O.O=[PH](O)O. The van der Waals surface area contributed by atoms with Gasteiger partial charge in [-0.05, 0) is 0 Å². The normalized spacial score (nSPS) is 27.5. The summed E-state index contributed by atoms with van der Waals surface area (Å²) in [6.45, 7) is -0.393. The third-order valence-corrected chi connectivity index (χ3v) is 2.89. The van der Waals surface area contributed by atoms with Crippen LogP contribution in [0.5, 0.6) is 0 Å². The molecule has 1 aromatic rings. The number of nitrogens with one attached hydrogen (secondary N) is 1. The summed E-state index contributed by atoms with van der Waals surface area (Å²) in [6.07, 6.45) is -2.33. The smallest absolute Gasteiger partial charge is 0.330 e. The van der Waals surface area contributed by atoms with E-state index in [2.05, 4.69) is 4.98 Å². The summed E-state index contributed by atoms with van der Waals surface area (Å²) in [6, 6.07) is 1.16. The highest BCUT2D eigenvalue weighted by Crippen LogP contribution is 2.29. The second-order valence-electron chi connectivity index (χ2n) is 4.24. The van der Waals surface area contributed by atoms with Crippen molar-refractivity contribution in [2.75, 3.05) is 13.7 Å². The van der Waals surface area contributed by atoms with Crippen LogP contribution in [0.3, 0.4) is 0 Å². The lowest BCUT2D eigenvalue weighted by molar-refractivity contribution is -0.0625. The lowest BCUT2D eigenvalue weighted by atomic mass is 10.1. The number of hydrogen-bond acceptors (Lipinski definition) is 7. The van der Waals surface area contributed by atoms with Gasteiger partial charge in [-0.15, -0.1) is 0 Å². The van der Waals surface area contributed by atoms with Crippen LogP contribution in [0, 0.1) is 0 Å². The number of hydrogen-bond donors (Lipinski definition) is 5. The number of nitrogens with zero attached hydrogens (tertiary/aromatic N) is 1. The maximum absolute atomic E-state index is 11.6. The van der Waals surface area contributed by atoms with E-state index >= 15 is 0 Å². The first-order valence-corrected chi connectivity index (χ1v) is 7.32. The summed E-state index contributed by atoms with van der Waals surface area (Å²) >= 11 is 0.